The van der Waals surface area contributed by atoms with E-state index in [1.54, 1.807) is 6.08 Å². The van der Waals surface area contributed by atoms with Crippen molar-refractivity contribution in [3.8, 4) is 5.88 Å². The van der Waals surface area contributed by atoms with Crippen LogP contribution >= 0.6 is 0 Å². The first kappa shape index (κ1) is 13.7. The third kappa shape index (κ3) is 5.00. The molecule has 1 rings (SSSR count). The second-order valence-electron chi connectivity index (χ2n) is 4.52. The Morgan fingerprint density at radius 2 is 2.24 bits per heavy atom. The third-order valence-electron chi connectivity index (χ3n) is 2.39. The first-order valence-corrected chi connectivity index (χ1v) is 6.04. The molecule has 3 nitrogen and oxygen atoms in total. The molecule has 0 aromatic carbocycles. The van der Waals surface area contributed by atoms with Gasteiger partial charge in [0.05, 0.1) is 0 Å². The molecule has 1 aromatic heterocycles. The molecule has 94 valence electrons. The highest BCUT2D eigenvalue weighted by Crippen LogP contribution is 2.12. The average Bonchev–Trinajstić information content (AvgIpc) is 2.28. The molecule has 0 amide bonds. The minimum atomic E-state index is 0.497. The predicted octanol–water partition coefficient (Wildman–Crippen LogP) is 2.70. The number of hydrogen-bond donors (Lipinski definition) is 1. The highest BCUT2D eigenvalue weighted by atomic mass is 16.5. The van der Waals surface area contributed by atoms with Crippen molar-refractivity contribution in [1.82, 2.24) is 10.3 Å². The Balaban J connectivity index is 2.53. The lowest BCUT2D eigenvalue weighted by molar-refractivity contribution is 0.347. The summed E-state index contributed by atoms with van der Waals surface area (Å²) < 4.78 is 5.38. The Kier molecular flexibility index (Phi) is 5.70. The molecular formula is C14H22N2O. The van der Waals surface area contributed by atoms with E-state index in [2.05, 4.69) is 36.8 Å². The molecule has 1 N–H and O–H groups in total. The van der Waals surface area contributed by atoms with Crippen LogP contribution in [-0.4, -0.2) is 18.1 Å². The van der Waals surface area contributed by atoms with E-state index in [4.69, 9.17) is 4.74 Å². The summed E-state index contributed by atoms with van der Waals surface area (Å²) in [5.41, 5.74) is 2.24. The van der Waals surface area contributed by atoms with Crippen molar-refractivity contribution in [2.75, 3.05) is 13.2 Å². The summed E-state index contributed by atoms with van der Waals surface area (Å²) in [7, 11) is 0. The van der Waals surface area contributed by atoms with Crippen LogP contribution < -0.4 is 10.1 Å². The molecule has 1 heterocycles. The van der Waals surface area contributed by atoms with Gasteiger partial charge in [0.25, 0.3) is 0 Å². The molecular weight excluding hydrogens is 212 g/mol. The molecule has 0 bridgehead atoms. The molecule has 0 aliphatic heterocycles. The smallest absolute Gasteiger partial charge is 0.213 e. The van der Waals surface area contributed by atoms with Gasteiger partial charge in [0, 0.05) is 18.3 Å². The Hall–Kier alpha value is -1.35. The Bertz CT molecular complexity index is 361. The number of aromatic nitrogens is 1. The number of rotatable bonds is 7. The first-order valence-electron chi connectivity index (χ1n) is 6.04. The SMILES string of the molecule is C=CCOc1ccc(CNCC(C)C)c(C)n1. The predicted molar refractivity (Wildman–Crippen MR) is 71.2 cm³/mol. The van der Waals surface area contributed by atoms with Gasteiger partial charge in [0.15, 0.2) is 0 Å². The molecule has 17 heavy (non-hydrogen) atoms. The largest absolute Gasteiger partial charge is 0.473 e. The fourth-order valence-corrected chi connectivity index (χ4v) is 1.47. The zero-order valence-corrected chi connectivity index (χ0v) is 11.0. The second-order valence-corrected chi connectivity index (χ2v) is 4.52. The number of pyridine rings is 1. The van der Waals surface area contributed by atoms with Gasteiger partial charge in [-0.25, -0.2) is 4.98 Å². The molecule has 3 heteroatoms. The first-order chi connectivity index (χ1) is 8.13. The van der Waals surface area contributed by atoms with Crippen LogP contribution in [0, 0.1) is 12.8 Å². The Morgan fingerprint density at radius 1 is 1.47 bits per heavy atom. The number of aryl methyl sites for hydroxylation is 1. The molecule has 0 saturated carbocycles. The summed E-state index contributed by atoms with van der Waals surface area (Å²) in [5, 5.41) is 3.41. The van der Waals surface area contributed by atoms with Gasteiger partial charge >= 0.3 is 0 Å². The van der Waals surface area contributed by atoms with E-state index >= 15 is 0 Å². The molecule has 0 saturated heterocycles. The molecule has 0 atom stereocenters. The number of ether oxygens (including phenoxy) is 1. The van der Waals surface area contributed by atoms with Crippen LogP contribution in [0.25, 0.3) is 0 Å². The van der Waals surface area contributed by atoms with Gasteiger partial charge in [-0.15, -0.1) is 0 Å². The van der Waals surface area contributed by atoms with Crippen molar-refractivity contribution in [2.24, 2.45) is 5.92 Å². The van der Waals surface area contributed by atoms with Gasteiger partial charge < -0.3 is 10.1 Å². The summed E-state index contributed by atoms with van der Waals surface area (Å²) in [6.45, 7) is 12.4. The molecule has 0 unspecified atom stereocenters. The van der Waals surface area contributed by atoms with Crippen LogP contribution in [0.1, 0.15) is 25.1 Å². The monoisotopic (exact) mass is 234 g/mol. The maximum absolute atomic E-state index is 5.38. The van der Waals surface area contributed by atoms with E-state index in [0.717, 1.165) is 18.8 Å². The van der Waals surface area contributed by atoms with Crippen molar-refractivity contribution in [1.29, 1.82) is 0 Å². The lowest BCUT2D eigenvalue weighted by Crippen LogP contribution is -2.19. The van der Waals surface area contributed by atoms with Crippen molar-refractivity contribution < 1.29 is 4.74 Å². The lowest BCUT2D eigenvalue weighted by Gasteiger charge is -2.10. The van der Waals surface area contributed by atoms with Crippen LogP contribution in [0.3, 0.4) is 0 Å². The molecule has 1 aromatic rings. The average molecular weight is 234 g/mol. The van der Waals surface area contributed by atoms with E-state index in [1.165, 1.54) is 5.56 Å². The zero-order valence-electron chi connectivity index (χ0n) is 11.0. The fraction of sp³-hybridized carbons (Fsp3) is 0.500. The summed E-state index contributed by atoms with van der Waals surface area (Å²) in [6, 6.07) is 3.97. The number of nitrogens with zero attached hydrogens (tertiary/aromatic N) is 1. The number of nitrogens with one attached hydrogen (secondary N) is 1. The van der Waals surface area contributed by atoms with Crippen molar-refractivity contribution in [3.05, 3.63) is 36.0 Å². The molecule has 0 aliphatic rings. The lowest BCUT2D eigenvalue weighted by atomic mass is 10.2. The molecule has 0 radical (unpaired) electrons. The molecule has 0 fully saturated rings. The van der Waals surface area contributed by atoms with E-state index in [-0.39, 0.29) is 0 Å². The Morgan fingerprint density at radius 3 is 2.82 bits per heavy atom. The van der Waals surface area contributed by atoms with Crippen molar-refractivity contribution in [2.45, 2.75) is 27.3 Å². The quantitative estimate of drug-likeness (QED) is 0.737. The highest BCUT2D eigenvalue weighted by molar-refractivity contribution is 5.24. The normalized spacial score (nSPS) is 10.6. The van der Waals surface area contributed by atoms with E-state index in [9.17, 15) is 0 Å². The van der Waals surface area contributed by atoms with Crippen LogP contribution in [0.5, 0.6) is 5.88 Å². The maximum atomic E-state index is 5.38. The van der Waals surface area contributed by atoms with E-state index < -0.39 is 0 Å². The Labute approximate surface area is 104 Å². The van der Waals surface area contributed by atoms with Crippen molar-refractivity contribution >= 4 is 0 Å². The summed E-state index contributed by atoms with van der Waals surface area (Å²) >= 11 is 0. The van der Waals surface area contributed by atoms with Crippen molar-refractivity contribution in [3.63, 3.8) is 0 Å². The van der Waals surface area contributed by atoms with Crippen LogP contribution in [0.15, 0.2) is 24.8 Å². The van der Waals surface area contributed by atoms with Crippen LogP contribution in [0.4, 0.5) is 0 Å². The van der Waals surface area contributed by atoms with Crippen LogP contribution in [-0.2, 0) is 6.54 Å². The van der Waals surface area contributed by atoms with Gasteiger partial charge in [0.2, 0.25) is 5.88 Å². The van der Waals surface area contributed by atoms with Gasteiger partial charge in [-0.05, 0) is 24.9 Å². The minimum Gasteiger partial charge on any atom is -0.473 e. The zero-order chi connectivity index (χ0) is 12.7. The van der Waals surface area contributed by atoms with Gasteiger partial charge in [-0.2, -0.15) is 0 Å². The van der Waals surface area contributed by atoms with E-state index in [0.29, 0.717) is 18.4 Å². The van der Waals surface area contributed by atoms with E-state index in [1.807, 2.05) is 13.0 Å². The van der Waals surface area contributed by atoms with Crippen LogP contribution in [0.2, 0.25) is 0 Å². The highest BCUT2D eigenvalue weighted by Gasteiger charge is 2.02. The number of hydrogen-bond acceptors (Lipinski definition) is 3. The minimum absolute atomic E-state index is 0.497. The second kappa shape index (κ2) is 7.07. The summed E-state index contributed by atoms with van der Waals surface area (Å²) in [4.78, 5) is 4.40. The fourth-order valence-electron chi connectivity index (χ4n) is 1.47. The third-order valence-corrected chi connectivity index (χ3v) is 2.39. The topological polar surface area (TPSA) is 34.1 Å². The molecule has 0 aliphatic carbocycles. The summed E-state index contributed by atoms with van der Waals surface area (Å²) in [5.74, 6) is 1.33. The van der Waals surface area contributed by atoms with Gasteiger partial charge in [-0.1, -0.05) is 32.6 Å². The molecule has 0 spiro atoms. The standard InChI is InChI=1S/C14H22N2O/c1-5-8-17-14-7-6-13(12(4)16-14)10-15-9-11(2)3/h5-7,11,15H,1,8-10H2,2-4H3. The van der Waals surface area contributed by atoms with Gasteiger partial charge in [0.1, 0.15) is 6.61 Å². The summed E-state index contributed by atoms with van der Waals surface area (Å²) in [6.07, 6.45) is 1.72. The van der Waals surface area contributed by atoms with Gasteiger partial charge in [-0.3, -0.25) is 0 Å². The maximum Gasteiger partial charge on any atom is 0.213 e.